The molecule has 0 saturated heterocycles. The fourth-order valence-electron chi connectivity index (χ4n) is 1.42. The molecule has 1 heterocycles. The zero-order chi connectivity index (χ0) is 13.1. The maximum atomic E-state index is 13.4. The summed E-state index contributed by atoms with van der Waals surface area (Å²) in [6.45, 7) is 3.96. The molecule has 3 nitrogen and oxygen atoms in total. The molecule has 0 aliphatic carbocycles. The van der Waals surface area contributed by atoms with Gasteiger partial charge in [-0.1, -0.05) is 6.58 Å². The van der Waals surface area contributed by atoms with E-state index in [0.717, 1.165) is 11.6 Å². The first-order valence-corrected chi connectivity index (χ1v) is 5.93. The average Bonchev–Trinajstić information content (AvgIpc) is 2.80. The molecule has 2 aromatic rings. The summed E-state index contributed by atoms with van der Waals surface area (Å²) in [5.41, 5.74) is 1.10. The minimum Gasteiger partial charge on any atom is -0.378 e. The van der Waals surface area contributed by atoms with E-state index in [4.69, 9.17) is 0 Å². The smallest absolute Gasteiger partial charge is 0.149 e. The van der Waals surface area contributed by atoms with Gasteiger partial charge in [0.2, 0.25) is 0 Å². The Kier molecular flexibility index (Phi) is 3.76. The first-order valence-electron chi connectivity index (χ1n) is 5.14. The summed E-state index contributed by atoms with van der Waals surface area (Å²) < 4.78 is 28.2. The van der Waals surface area contributed by atoms with Crippen LogP contribution in [-0.4, -0.2) is 9.78 Å². The Morgan fingerprint density at radius 3 is 2.83 bits per heavy atom. The van der Waals surface area contributed by atoms with Crippen LogP contribution in [0.4, 0.5) is 14.5 Å². The Morgan fingerprint density at radius 2 is 2.17 bits per heavy atom. The van der Waals surface area contributed by atoms with Crippen LogP contribution in [0.2, 0.25) is 0 Å². The van der Waals surface area contributed by atoms with E-state index in [0.29, 0.717) is 6.54 Å². The third kappa shape index (κ3) is 2.76. The Balaban J connectivity index is 2.10. The van der Waals surface area contributed by atoms with Crippen LogP contribution in [0, 0.1) is 11.6 Å². The van der Waals surface area contributed by atoms with Crippen molar-refractivity contribution in [3.63, 3.8) is 0 Å². The van der Waals surface area contributed by atoms with E-state index >= 15 is 0 Å². The summed E-state index contributed by atoms with van der Waals surface area (Å²) >= 11 is 3.01. The fourth-order valence-corrected chi connectivity index (χ4v) is 1.77. The molecule has 2 rings (SSSR count). The van der Waals surface area contributed by atoms with E-state index in [1.165, 1.54) is 6.07 Å². The van der Waals surface area contributed by atoms with Crippen LogP contribution in [0.1, 0.15) is 5.56 Å². The lowest BCUT2D eigenvalue weighted by Crippen LogP contribution is -2.01. The van der Waals surface area contributed by atoms with Crippen molar-refractivity contribution in [2.24, 2.45) is 0 Å². The number of nitrogens with one attached hydrogen (secondary N) is 1. The number of aromatic nitrogens is 2. The number of halogens is 3. The molecule has 1 aromatic carbocycles. The fraction of sp³-hybridized carbons (Fsp3) is 0.0833. The third-order valence-corrected chi connectivity index (χ3v) is 2.94. The molecule has 0 bridgehead atoms. The van der Waals surface area contributed by atoms with Crippen LogP contribution < -0.4 is 5.32 Å². The molecule has 0 saturated carbocycles. The maximum absolute atomic E-state index is 13.4. The van der Waals surface area contributed by atoms with Gasteiger partial charge in [0.25, 0.3) is 0 Å². The molecule has 0 atom stereocenters. The molecule has 0 spiro atoms. The van der Waals surface area contributed by atoms with Crippen molar-refractivity contribution in [3.05, 3.63) is 52.8 Å². The first-order chi connectivity index (χ1) is 8.60. The van der Waals surface area contributed by atoms with Crippen LogP contribution in [0.3, 0.4) is 0 Å². The lowest BCUT2D eigenvalue weighted by atomic mass is 10.2. The van der Waals surface area contributed by atoms with Gasteiger partial charge >= 0.3 is 0 Å². The standard InChI is InChI=1S/C12H10BrF2N3/c1-2-18-7-8(6-17-18)5-16-12-3-9(13)10(14)4-11(12)15/h2-4,6-7,16H,1,5H2. The second-order valence-electron chi connectivity index (χ2n) is 3.61. The summed E-state index contributed by atoms with van der Waals surface area (Å²) in [5.74, 6) is -1.26. The number of benzene rings is 1. The van der Waals surface area contributed by atoms with Gasteiger partial charge in [0, 0.05) is 30.6 Å². The summed E-state index contributed by atoms with van der Waals surface area (Å²) in [6.07, 6.45) is 4.96. The maximum Gasteiger partial charge on any atom is 0.149 e. The summed E-state index contributed by atoms with van der Waals surface area (Å²) in [5, 5.41) is 6.87. The topological polar surface area (TPSA) is 29.9 Å². The lowest BCUT2D eigenvalue weighted by Gasteiger charge is -2.07. The molecule has 6 heteroatoms. The second-order valence-corrected chi connectivity index (χ2v) is 4.47. The van der Waals surface area contributed by atoms with Crippen molar-refractivity contribution in [2.45, 2.75) is 6.54 Å². The zero-order valence-electron chi connectivity index (χ0n) is 9.33. The van der Waals surface area contributed by atoms with Crippen molar-refractivity contribution in [2.75, 3.05) is 5.32 Å². The molecule has 94 valence electrons. The Bertz CT molecular complexity index is 581. The van der Waals surface area contributed by atoms with Gasteiger partial charge in [0.05, 0.1) is 16.4 Å². The van der Waals surface area contributed by atoms with E-state index in [1.807, 2.05) is 0 Å². The Hall–Kier alpha value is -1.69. The molecule has 0 aliphatic heterocycles. The summed E-state index contributed by atoms with van der Waals surface area (Å²) in [6, 6.07) is 2.20. The van der Waals surface area contributed by atoms with Crippen molar-refractivity contribution in [1.82, 2.24) is 9.78 Å². The minimum atomic E-state index is -0.633. The first kappa shape index (κ1) is 12.8. The quantitative estimate of drug-likeness (QED) is 0.873. The van der Waals surface area contributed by atoms with Crippen LogP contribution in [0.5, 0.6) is 0 Å². The van der Waals surface area contributed by atoms with Gasteiger partial charge in [0.15, 0.2) is 0 Å². The van der Waals surface area contributed by atoms with Crippen molar-refractivity contribution < 1.29 is 8.78 Å². The van der Waals surface area contributed by atoms with E-state index in [9.17, 15) is 8.78 Å². The van der Waals surface area contributed by atoms with Gasteiger partial charge in [-0.05, 0) is 22.0 Å². The number of anilines is 1. The molecule has 0 fully saturated rings. The highest BCUT2D eigenvalue weighted by atomic mass is 79.9. The highest BCUT2D eigenvalue weighted by Crippen LogP contribution is 2.24. The minimum absolute atomic E-state index is 0.216. The molecular weight excluding hydrogens is 304 g/mol. The summed E-state index contributed by atoms with van der Waals surface area (Å²) in [4.78, 5) is 0. The molecule has 0 unspecified atom stereocenters. The van der Waals surface area contributed by atoms with Crippen molar-refractivity contribution in [1.29, 1.82) is 0 Å². The molecule has 0 amide bonds. The average molecular weight is 314 g/mol. The normalized spacial score (nSPS) is 10.4. The van der Waals surface area contributed by atoms with E-state index in [2.05, 4.69) is 32.9 Å². The van der Waals surface area contributed by atoms with Crippen LogP contribution >= 0.6 is 15.9 Å². The van der Waals surface area contributed by atoms with Crippen LogP contribution in [0.25, 0.3) is 6.20 Å². The zero-order valence-corrected chi connectivity index (χ0v) is 10.9. The van der Waals surface area contributed by atoms with Crippen LogP contribution in [-0.2, 0) is 6.54 Å². The molecule has 0 aliphatic rings. The van der Waals surface area contributed by atoms with Crippen molar-refractivity contribution in [3.8, 4) is 0 Å². The molecule has 1 N–H and O–H groups in total. The van der Waals surface area contributed by atoms with E-state index in [-0.39, 0.29) is 10.2 Å². The van der Waals surface area contributed by atoms with Crippen molar-refractivity contribution >= 4 is 27.8 Å². The SMILES string of the molecule is C=Cn1cc(CNc2cc(Br)c(F)cc2F)cn1. The second kappa shape index (κ2) is 5.30. The lowest BCUT2D eigenvalue weighted by molar-refractivity contribution is 0.580. The third-order valence-electron chi connectivity index (χ3n) is 2.33. The number of hydrogen-bond donors (Lipinski definition) is 1. The Labute approximate surface area is 111 Å². The molecule has 18 heavy (non-hydrogen) atoms. The van der Waals surface area contributed by atoms with E-state index < -0.39 is 11.6 Å². The predicted octanol–water partition coefficient (Wildman–Crippen LogP) is 3.64. The number of hydrogen-bond acceptors (Lipinski definition) is 2. The summed E-state index contributed by atoms with van der Waals surface area (Å²) in [7, 11) is 0. The largest absolute Gasteiger partial charge is 0.378 e. The highest BCUT2D eigenvalue weighted by molar-refractivity contribution is 9.10. The van der Waals surface area contributed by atoms with Gasteiger partial charge in [-0.2, -0.15) is 5.10 Å². The monoisotopic (exact) mass is 313 g/mol. The molecule has 1 aromatic heterocycles. The van der Waals surface area contributed by atoms with E-state index in [1.54, 1.807) is 23.3 Å². The van der Waals surface area contributed by atoms with Gasteiger partial charge in [-0.3, -0.25) is 0 Å². The van der Waals surface area contributed by atoms with Gasteiger partial charge in [-0.15, -0.1) is 0 Å². The molecular formula is C12H10BrF2N3. The predicted molar refractivity (Wildman–Crippen MR) is 70.0 cm³/mol. The van der Waals surface area contributed by atoms with Gasteiger partial charge < -0.3 is 5.32 Å². The van der Waals surface area contributed by atoms with Crippen LogP contribution in [0.15, 0.2) is 35.6 Å². The Morgan fingerprint density at radius 1 is 1.39 bits per heavy atom. The number of nitrogens with zero attached hydrogens (tertiary/aromatic N) is 2. The molecule has 0 radical (unpaired) electrons. The highest BCUT2D eigenvalue weighted by Gasteiger charge is 2.08. The number of rotatable bonds is 4. The van der Waals surface area contributed by atoms with Gasteiger partial charge in [-0.25, -0.2) is 13.5 Å². The van der Waals surface area contributed by atoms with Gasteiger partial charge in [0.1, 0.15) is 11.6 Å².